The van der Waals surface area contributed by atoms with Gasteiger partial charge in [-0.15, -0.1) is 40.5 Å². The van der Waals surface area contributed by atoms with Crippen molar-refractivity contribution in [3.8, 4) is 0 Å². The maximum Gasteiger partial charge on any atom is 3.00 e. The first-order chi connectivity index (χ1) is 18.2. The molecule has 0 saturated carbocycles. The monoisotopic (exact) mass is 1850 g/mol. The Bertz CT molecular complexity index is 640. The minimum atomic E-state index is -1.50. The van der Waals surface area contributed by atoms with Crippen molar-refractivity contribution in [3.63, 3.8) is 0 Å². The average Bonchev–Trinajstić information content (AvgIpc) is 2.71. The fourth-order valence-electron chi connectivity index (χ4n) is 1.67. The van der Waals surface area contributed by atoms with Gasteiger partial charge in [-0.2, -0.15) is 0 Å². The van der Waals surface area contributed by atoms with Crippen molar-refractivity contribution in [3.05, 3.63) is 40.5 Å². The van der Waals surface area contributed by atoms with Crippen molar-refractivity contribution in [1.29, 1.82) is 0 Å². The predicted octanol–water partition coefficient (Wildman–Crippen LogP) is -6.29. The Morgan fingerprint density at radius 2 is 0.589 bits per heavy atom. The summed E-state index contributed by atoms with van der Waals surface area (Å²) in [6.45, 7) is 4.17. The van der Waals surface area contributed by atoms with E-state index in [9.17, 15) is 29.4 Å². The number of rotatable bonds is 12. The van der Waals surface area contributed by atoms with Crippen LogP contribution in [0.4, 0.5) is 0 Å². The quantitative estimate of drug-likeness (QED) is 0.0458. The fraction of sp³-hybridized carbons (Fsp3) is 0.750. The van der Waals surface area contributed by atoms with Crippen molar-refractivity contribution < 1.29 is 125 Å². The standard InChI is InChI=1S/2C8H15NO3.5Bi.Ca.4HNO3.5H2O.5O/c2*1-7(10)9-6-4-2-3-5-8(11)12;;;;;;;4*2-1(3)4;;;;;;;;;;/h2*2-6H2,1H3,(H,9,10)(H,11,12);;;;;;;4*(H,2,3,4);5*1H2;;;;;/q;;5*+3;+2;;;;;;;;;;5*-2/p-7. The number of hydrogen-bond donors (Lipinski definition) is 6. The summed E-state index contributed by atoms with van der Waals surface area (Å²) in [5.74, 6) is -2.10. The summed E-state index contributed by atoms with van der Waals surface area (Å²) in [5.41, 5.74) is 0. The molecule has 2 amide bonds. The van der Waals surface area contributed by atoms with Crippen LogP contribution in [0.25, 0.3) is 0 Å². The first kappa shape index (κ1) is 147. The van der Waals surface area contributed by atoms with E-state index in [1.165, 1.54) is 13.8 Å². The van der Waals surface area contributed by atoms with Gasteiger partial charge in [0.25, 0.3) is 20.3 Å². The Hall–Kier alpha value is -0.0447. The molecular weight excluding hydrogens is 1810 g/mol. The Morgan fingerprint density at radius 3 is 0.696 bits per heavy atom. The molecule has 0 rings (SSSR count). The summed E-state index contributed by atoms with van der Waals surface area (Å²) < 4.78 is 0. The maximum atomic E-state index is 10.4. The molecule has 0 heterocycles. The molecule has 0 aromatic heterocycles. The third-order valence-electron chi connectivity index (χ3n) is 2.86. The van der Waals surface area contributed by atoms with Gasteiger partial charge in [0.2, 0.25) is 11.8 Å². The van der Waals surface area contributed by atoms with Gasteiger partial charge in [-0.05, 0) is 38.5 Å². The van der Waals surface area contributed by atoms with Crippen LogP contribution in [-0.2, 0) is 46.6 Å². The van der Waals surface area contributed by atoms with E-state index in [0.29, 0.717) is 25.9 Å². The molecule has 40 heteroatoms. The van der Waals surface area contributed by atoms with Gasteiger partial charge in [-0.25, -0.2) is 0 Å². The molecule has 0 aromatic carbocycles. The number of amides is 2. The van der Waals surface area contributed by atoms with E-state index in [4.69, 9.17) is 61.3 Å². The van der Waals surface area contributed by atoms with Crippen LogP contribution < -0.4 is 20.8 Å². The zero-order valence-corrected chi connectivity index (χ0v) is 48.2. The van der Waals surface area contributed by atoms with Crippen molar-refractivity contribution in [1.82, 2.24) is 10.6 Å². The van der Waals surface area contributed by atoms with E-state index in [0.717, 1.165) is 25.7 Å². The molecule has 0 aliphatic carbocycles. The number of aliphatic carboxylic acids is 2. The molecule has 0 saturated heterocycles. The van der Waals surface area contributed by atoms with Crippen molar-refractivity contribution >= 4 is 193 Å². The van der Waals surface area contributed by atoms with Crippen LogP contribution >= 0.6 is 0 Å². The van der Waals surface area contributed by atoms with E-state index in [1.807, 2.05) is 0 Å². The summed E-state index contributed by atoms with van der Waals surface area (Å²) in [6.07, 6.45) is 4.76. The molecule has 0 spiro atoms. The molecule has 0 aliphatic heterocycles. The van der Waals surface area contributed by atoms with Gasteiger partial charge < -0.3 is 106 Å². The van der Waals surface area contributed by atoms with Crippen LogP contribution in [-0.4, -0.2) is 274 Å². The van der Waals surface area contributed by atoms with Crippen molar-refractivity contribution in [2.75, 3.05) is 13.1 Å². The number of carbonyl (C=O) groups excluding carboxylic acids is 4. The van der Waals surface area contributed by atoms with Gasteiger partial charge in [-0.1, -0.05) is 12.8 Å². The molecule has 0 unspecified atom stereocenters. The molecular formula is C16H37Bi5CaN6O28. The molecule has 0 bridgehead atoms. The number of nitrogens with zero attached hydrogens (tertiary/aromatic N) is 4. The van der Waals surface area contributed by atoms with Crippen molar-refractivity contribution in [2.45, 2.75) is 65.2 Å². The van der Waals surface area contributed by atoms with Crippen molar-refractivity contribution in [2.24, 2.45) is 0 Å². The smallest absolute Gasteiger partial charge is 2.00 e. The van der Waals surface area contributed by atoms with Crippen LogP contribution in [0.3, 0.4) is 0 Å². The van der Waals surface area contributed by atoms with Crippen LogP contribution in [0.2, 0.25) is 0 Å². The first-order valence-corrected chi connectivity index (χ1v) is 10.4. The Labute approximate surface area is 441 Å². The molecule has 0 aromatic rings. The minimum Gasteiger partial charge on any atom is -2.00 e. The number of carboxylic acids is 2. The SMILES string of the molecule is CC(=O)NCCCCCC(=O)[O-].CC(=O)NCCCCCC(=O)[O-].O=[N+]([O-])O.O=[N+]([O-])O.O=[N+]([O-])O.O=[N+]([O-])O.[Bi+3].[Bi+3].[Bi+3].[Bi+3].[Bi+3].[Ca+2].[O-2].[O-2].[O-2].[O-2].[O-2].[OH-].[OH-].[OH-].[OH-].[OH-]. The second kappa shape index (κ2) is 124. The molecule has 0 fully saturated rings. The number of carbonyl (C=O) groups is 4. The van der Waals surface area contributed by atoms with Crippen LogP contribution in [0.15, 0.2) is 0 Å². The zero-order valence-electron chi connectivity index (χ0n) is 28.6. The second-order valence-electron chi connectivity index (χ2n) is 6.28. The van der Waals surface area contributed by atoms with E-state index >= 15 is 0 Å². The fourth-order valence-corrected chi connectivity index (χ4v) is 1.67. The van der Waals surface area contributed by atoms with Gasteiger partial charge in [0.05, 0.1) is 0 Å². The molecule has 11 N–H and O–H groups in total. The summed E-state index contributed by atoms with van der Waals surface area (Å²) in [5, 5.41) is 79.7. The molecule has 326 valence electrons. The number of hydrogen-bond acceptors (Lipinski definition) is 19. The number of carboxylic acid groups (broad SMARTS) is 2. The summed E-state index contributed by atoms with van der Waals surface area (Å²) in [6, 6.07) is 0. The third kappa shape index (κ3) is 469. The van der Waals surface area contributed by atoms with Crippen LogP contribution in [0.5, 0.6) is 0 Å². The Morgan fingerprint density at radius 1 is 0.446 bits per heavy atom. The van der Waals surface area contributed by atoms with Gasteiger partial charge in [0.15, 0.2) is 0 Å². The summed E-state index contributed by atoms with van der Waals surface area (Å²) in [7, 11) is 0. The summed E-state index contributed by atoms with van der Waals surface area (Å²) >= 11 is 0. The Balaban J connectivity index is -0.0000000124. The van der Waals surface area contributed by atoms with Gasteiger partial charge in [0, 0.05) is 38.9 Å². The topological polar surface area (TPSA) is 684 Å². The third-order valence-corrected chi connectivity index (χ3v) is 2.86. The maximum absolute atomic E-state index is 10.4. The molecule has 34 nitrogen and oxygen atoms in total. The van der Waals surface area contributed by atoms with E-state index < -0.39 is 32.3 Å². The van der Waals surface area contributed by atoms with Crippen LogP contribution in [0, 0.1) is 40.5 Å². The van der Waals surface area contributed by atoms with Gasteiger partial charge >= 0.3 is 169 Å². The zero-order chi connectivity index (χ0) is 33.1. The minimum absolute atomic E-state index is 0. The number of unbranched alkanes of at least 4 members (excludes halogenated alkanes) is 4. The number of nitrogens with one attached hydrogen (secondary N) is 2. The first-order valence-electron chi connectivity index (χ1n) is 10.4. The molecule has 0 aliphatic rings. The van der Waals surface area contributed by atoms with Gasteiger partial charge in [0.1, 0.15) is 0 Å². The van der Waals surface area contributed by atoms with E-state index in [2.05, 4.69) is 10.6 Å². The van der Waals surface area contributed by atoms with E-state index in [1.54, 1.807) is 0 Å². The second-order valence-corrected chi connectivity index (χ2v) is 6.28. The van der Waals surface area contributed by atoms with Gasteiger partial charge in [-0.3, -0.25) is 9.59 Å². The molecule has 56 heavy (non-hydrogen) atoms. The van der Waals surface area contributed by atoms with Crippen LogP contribution in [0.1, 0.15) is 65.2 Å². The molecule has 10 radical (unpaired) electrons. The average molecular weight is 1850 g/mol. The summed E-state index contributed by atoms with van der Waals surface area (Å²) in [4.78, 5) is 74.1. The largest absolute Gasteiger partial charge is 3.00 e. The van der Waals surface area contributed by atoms with E-state index in [-0.39, 0.29) is 248 Å². The normalized spacial score (nSPS) is 5.75. The molecule has 0 atom stereocenters. The predicted molar refractivity (Wildman–Crippen MR) is 167 cm³/mol. The Kier molecular flexibility index (Phi) is 324.